The molecule has 0 radical (unpaired) electrons. The van der Waals surface area contributed by atoms with Crippen LogP contribution < -0.4 is 10.9 Å². The Morgan fingerprint density at radius 1 is 1.07 bits per heavy atom. The highest BCUT2D eigenvalue weighted by Gasteiger charge is 2.38. The fourth-order valence-electron chi connectivity index (χ4n) is 5.97. The molecule has 0 unspecified atom stereocenters. The SMILES string of the molecule is O=C1CN(Cc2ccc3n(c2=O)C[C@H]2C[C@@H]3CN(C(=O)C3CCCCC3)C2)CCN1. The van der Waals surface area contributed by atoms with Crippen LogP contribution in [0.4, 0.5) is 0 Å². The molecule has 1 aromatic rings. The number of hydrogen-bond acceptors (Lipinski definition) is 4. The maximum atomic E-state index is 13.2. The van der Waals surface area contributed by atoms with Gasteiger partial charge in [0.1, 0.15) is 0 Å². The predicted octanol–water partition coefficient (Wildman–Crippen LogP) is 1.31. The number of aromatic nitrogens is 1. The number of nitrogens with one attached hydrogen (secondary N) is 1. The lowest BCUT2D eigenvalue weighted by molar-refractivity contribution is -0.139. The van der Waals surface area contributed by atoms with Crippen molar-refractivity contribution in [2.24, 2.45) is 11.8 Å². The van der Waals surface area contributed by atoms with Crippen LogP contribution in [0.1, 0.15) is 55.7 Å². The van der Waals surface area contributed by atoms with Gasteiger partial charge in [-0.3, -0.25) is 19.3 Å². The Labute approximate surface area is 177 Å². The number of piperazine rings is 1. The van der Waals surface area contributed by atoms with Gasteiger partial charge in [-0.15, -0.1) is 0 Å². The van der Waals surface area contributed by atoms with Crippen molar-refractivity contribution < 1.29 is 9.59 Å². The number of hydrogen-bond donors (Lipinski definition) is 1. The molecule has 2 atom stereocenters. The third kappa shape index (κ3) is 3.80. The minimum atomic E-state index is 0.0246. The van der Waals surface area contributed by atoms with Gasteiger partial charge in [-0.1, -0.05) is 25.3 Å². The lowest BCUT2D eigenvalue weighted by Crippen LogP contribution is -2.51. The summed E-state index contributed by atoms with van der Waals surface area (Å²) >= 11 is 0. The molecule has 0 spiro atoms. The summed E-state index contributed by atoms with van der Waals surface area (Å²) in [6.45, 7) is 4.52. The highest BCUT2D eigenvalue weighted by molar-refractivity contribution is 5.79. The Bertz CT molecular complexity index is 889. The number of carbonyl (C=O) groups excluding carboxylic acids is 2. The van der Waals surface area contributed by atoms with E-state index in [2.05, 4.69) is 16.3 Å². The van der Waals surface area contributed by atoms with Crippen LogP contribution >= 0.6 is 0 Å². The van der Waals surface area contributed by atoms with Crippen molar-refractivity contribution in [1.29, 1.82) is 0 Å². The standard InChI is InChI=1S/C23H32N4O3/c28-21-15-25(9-8-24-21)13-18-6-7-20-19-10-16(12-27(20)23(18)30)11-26(14-19)22(29)17-4-2-1-3-5-17/h6-7,16-17,19H,1-5,8-15H2,(H,24,28)/t16-,19+/m0/s1. The van der Waals surface area contributed by atoms with E-state index >= 15 is 0 Å². The summed E-state index contributed by atoms with van der Waals surface area (Å²) in [4.78, 5) is 42.1. The molecule has 162 valence electrons. The van der Waals surface area contributed by atoms with Crippen LogP contribution in [0.15, 0.2) is 16.9 Å². The van der Waals surface area contributed by atoms with Gasteiger partial charge in [-0.25, -0.2) is 0 Å². The van der Waals surface area contributed by atoms with Crippen LogP contribution in [-0.4, -0.2) is 58.9 Å². The Morgan fingerprint density at radius 3 is 2.70 bits per heavy atom. The maximum absolute atomic E-state index is 13.2. The number of likely N-dealkylation sites (tertiary alicyclic amines) is 1. The first-order chi connectivity index (χ1) is 14.6. The molecule has 4 aliphatic rings. The normalized spacial score (nSPS) is 27.5. The Morgan fingerprint density at radius 2 is 1.90 bits per heavy atom. The first-order valence-electron chi connectivity index (χ1n) is 11.6. The molecule has 2 saturated heterocycles. The van der Waals surface area contributed by atoms with E-state index in [9.17, 15) is 14.4 Å². The van der Waals surface area contributed by atoms with Crippen molar-refractivity contribution in [2.45, 2.75) is 57.5 Å². The number of piperidine rings is 1. The first-order valence-corrected chi connectivity index (χ1v) is 11.6. The molecule has 1 N–H and O–H groups in total. The van der Waals surface area contributed by atoms with Crippen LogP contribution in [0, 0.1) is 11.8 Å². The summed E-state index contributed by atoms with van der Waals surface area (Å²) in [5, 5.41) is 2.83. The van der Waals surface area contributed by atoms with Crippen molar-refractivity contribution >= 4 is 11.8 Å². The van der Waals surface area contributed by atoms with E-state index in [1.165, 1.54) is 19.3 Å². The van der Waals surface area contributed by atoms with Gasteiger partial charge >= 0.3 is 0 Å². The number of amides is 2. The average molecular weight is 413 g/mol. The van der Waals surface area contributed by atoms with E-state index in [-0.39, 0.29) is 23.3 Å². The van der Waals surface area contributed by atoms with Gasteiger partial charge in [0.2, 0.25) is 11.8 Å². The summed E-state index contributed by atoms with van der Waals surface area (Å²) in [7, 11) is 0. The second-order valence-electron chi connectivity index (χ2n) is 9.64. The Hall–Kier alpha value is -2.15. The van der Waals surface area contributed by atoms with Crippen LogP contribution in [-0.2, 0) is 22.7 Å². The minimum absolute atomic E-state index is 0.0246. The van der Waals surface area contributed by atoms with Gasteiger partial charge in [0.15, 0.2) is 0 Å². The predicted molar refractivity (Wildman–Crippen MR) is 113 cm³/mol. The van der Waals surface area contributed by atoms with Crippen molar-refractivity contribution in [3.05, 3.63) is 33.7 Å². The zero-order valence-electron chi connectivity index (χ0n) is 17.6. The zero-order valence-corrected chi connectivity index (χ0v) is 17.6. The van der Waals surface area contributed by atoms with Gasteiger partial charge in [0.25, 0.3) is 5.56 Å². The molecule has 2 bridgehead atoms. The fourth-order valence-corrected chi connectivity index (χ4v) is 5.97. The molecule has 1 saturated carbocycles. The molecule has 0 aromatic carbocycles. The summed E-state index contributed by atoms with van der Waals surface area (Å²) in [5.74, 6) is 1.20. The van der Waals surface area contributed by atoms with E-state index in [0.717, 1.165) is 50.2 Å². The molecule has 1 aromatic heterocycles. The third-order valence-electron chi connectivity index (χ3n) is 7.46. The van der Waals surface area contributed by atoms with Crippen molar-refractivity contribution in [1.82, 2.24) is 19.7 Å². The second-order valence-corrected chi connectivity index (χ2v) is 9.64. The average Bonchev–Trinajstić information content (AvgIpc) is 2.76. The highest BCUT2D eigenvalue weighted by Crippen LogP contribution is 2.37. The van der Waals surface area contributed by atoms with E-state index < -0.39 is 0 Å². The summed E-state index contributed by atoms with van der Waals surface area (Å²) < 4.78 is 1.96. The Balaban J connectivity index is 1.33. The Kier molecular flexibility index (Phi) is 5.39. The molecular weight excluding hydrogens is 380 g/mol. The van der Waals surface area contributed by atoms with E-state index in [1.54, 1.807) is 0 Å². The molecule has 4 heterocycles. The summed E-state index contributed by atoms with van der Waals surface area (Å²) in [6.07, 6.45) is 6.76. The van der Waals surface area contributed by atoms with E-state index in [0.29, 0.717) is 38.0 Å². The number of rotatable bonds is 3. The highest BCUT2D eigenvalue weighted by atomic mass is 16.2. The first kappa shape index (κ1) is 19.8. The van der Waals surface area contributed by atoms with Crippen LogP contribution in [0.25, 0.3) is 0 Å². The molecule has 7 heteroatoms. The monoisotopic (exact) mass is 412 g/mol. The summed E-state index contributed by atoms with van der Waals surface area (Å²) in [5.41, 5.74) is 1.93. The molecule has 5 rings (SSSR count). The van der Waals surface area contributed by atoms with Gasteiger partial charge in [-0.05, 0) is 31.2 Å². The maximum Gasteiger partial charge on any atom is 0.255 e. The number of fused-ring (bicyclic) bond motifs is 4. The largest absolute Gasteiger partial charge is 0.354 e. The van der Waals surface area contributed by atoms with E-state index in [1.807, 2.05) is 15.5 Å². The molecule has 7 nitrogen and oxygen atoms in total. The number of nitrogens with zero attached hydrogens (tertiary/aromatic N) is 3. The van der Waals surface area contributed by atoms with E-state index in [4.69, 9.17) is 0 Å². The van der Waals surface area contributed by atoms with Crippen LogP contribution in [0.3, 0.4) is 0 Å². The lowest BCUT2D eigenvalue weighted by Gasteiger charge is -2.44. The molecular formula is C23H32N4O3. The summed E-state index contributed by atoms with van der Waals surface area (Å²) in [6, 6.07) is 4.04. The van der Waals surface area contributed by atoms with Crippen molar-refractivity contribution in [3.8, 4) is 0 Å². The lowest BCUT2D eigenvalue weighted by atomic mass is 9.81. The quantitative estimate of drug-likeness (QED) is 0.812. The fraction of sp³-hybridized carbons (Fsp3) is 0.696. The van der Waals surface area contributed by atoms with Gasteiger partial charge in [0.05, 0.1) is 6.54 Å². The molecule has 1 aliphatic carbocycles. The smallest absolute Gasteiger partial charge is 0.255 e. The topological polar surface area (TPSA) is 74.7 Å². The second kappa shape index (κ2) is 8.17. The van der Waals surface area contributed by atoms with Crippen LogP contribution in [0.2, 0.25) is 0 Å². The van der Waals surface area contributed by atoms with Gasteiger partial charge in [0, 0.05) is 62.4 Å². The number of pyridine rings is 1. The van der Waals surface area contributed by atoms with Gasteiger partial charge < -0.3 is 14.8 Å². The number of carbonyl (C=O) groups is 2. The zero-order chi connectivity index (χ0) is 20.7. The molecule has 2 amide bonds. The van der Waals surface area contributed by atoms with Gasteiger partial charge in [-0.2, -0.15) is 0 Å². The van der Waals surface area contributed by atoms with Crippen LogP contribution in [0.5, 0.6) is 0 Å². The minimum Gasteiger partial charge on any atom is -0.354 e. The van der Waals surface area contributed by atoms with Crippen molar-refractivity contribution in [2.75, 3.05) is 32.7 Å². The van der Waals surface area contributed by atoms with Crippen molar-refractivity contribution in [3.63, 3.8) is 0 Å². The third-order valence-corrected chi connectivity index (χ3v) is 7.46. The molecule has 30 heavy (non-hydrogen) atoms. The molecule has 3 fully saturated rings. The molecule has 3 aliphatic heterocycles.